The molecule has 5 heteroatoms. The lowest BCUT2D eigenvalue weighted by atomic mass is 10.6. The van der Waals surface area contributed by atoms with Crippen molar-refractivity contribution >= 4 is 21.9 Å². The van der Waals surface area contributed by atoms with Gasteiger partial charge in [0.2, 0.25) is 0 Å². The van der Waals surface area contributed by atoms with Crippen molar-refractivity contribution in [1.82, 2.24) is 0 Å². The molecule has 0 saturated carbocycles. The smallest absolute Gasteiger partial charge is 0.264 e. The Balaban J connectivity index is 3.21. The maximum absolute atomic E-state index is 10.1. The first-order valence-electron chi connectivity index (χ1n) is 3.09. The van der Waals surface area contributed by atoms with E-state index in [1.54, 1.807) is 11.8 Å². The van der Waals surface area contributed by atoms with Crippen LogP contribution in [-0.4, -0.2) is 30.2 Å². The molecule has 0 aliphatic heterocycles. The summed E-state index contributed by atoms with van der Waals surface area (Å²) >= 11 is 1.67. The molecule has 0 aromatic rings. The first-order chi connectivity index (χ1) is 4.56. The van der Waals surface area contributed by atoms with E-state index in [9.17, 15) is 8.42 Å². The van der Waals surface area contributed by atoms with Crippen molar-refractivity contribution in [2.75, 3.05) is 17.3 Å². The van der Waals surface area contributed by atoms with Gasteiger partial charge < -0.3 is 0 Å². The molecule has 0 amide bonds. The first kappa shape index (κ1) is 10.3. The van der Waals surface area contributed by atoms with E-state index in [-0.39, 0.29) is 5.75 Å². The zero-order chi connectivity index (χ0) is 8.04. The van der Waals surface area contributed by atoms with Gasteiger partial charge in [-0.25, -0.2) is 0 Å². The second kappa shape index (κ2) is 4.98. The monoisotopic (exact) mass is 184 g/mol. The maximum atomic E-state index is 10.1. The highest BCUT2D eigenvalue weighted by atomic mass is 32.2. The van der Waals surface area contributed by atoms with Crippen LogP contribution in [0.5, 0.6) is 0 Å². The van der Waals surface area contributed by atoms with Gasteiger partial charge in [-0.05, 0) is 17.9 Å². The fourth-order valence-electron chi connectivity index (χ4n) is 0.488. The van der Waals surface area contributed by atoms with Crippen LogP contribution in [0.3, 0.4) is 0 Å². The van der Waals surface area contributed by atoms with Crippen LogP contribution < -0.4 is 0 Å². The summed E-state index contributed by atoms with van der Waals surface area (Å²) in [4.78, 5) is 0. The third-order valence-corrected chi connectivity index (χ3v) is 2.69. The van der Waals surface area contributed by atoms with Gasteiger partial charge in [0.1, 0.15) is 0 Å². The molecule has 0 atom stereocenters. The van der Waals surface area contributed by atoms with Gasteiger partial charge in [0.15, 0.2) is 0 Å². The second-order valence-electron chi connectivity index (χ2n) is 1.84. The van der Waals surface area contributed by atoms with Crippen LogP contribution in [0, 0.1) is 0 Å². The average molecular weight is 184 g/mol. The summed E-state index contributed by atoms with van der Waals surface area (Å²) in [7, 11) is -3.72. The molecule has 0 aromatic carbocycles. The Hall–Kier alpha value is 0.260. The quantitative estimate of drug-likeness (QED) is 0.512. The summed E-state index contributed by atoms with van der Waals surface area (Å²) < 4.78 is 28.6. The van der Waals surface area contributed by atoms with Gasteiger partial charge >= 0.3 is 0 Å². The Kier molecular flexibility index (Phi) is 5.11. The van der Waals surface area contributed by atoms with Crippen LogP contribution in [-0.2, 0) is 10.1 Å². The van der Waals surface area contributed by atoms with Gasteiger partial charge in [0, 0.05) is 0 Å². The summed E-state index contributed by atoms with van der Waals surface area (Å²) in [6.07, 6.45) is 0.539. The molecule has 0 aliphatic carbocycles. The van der Waals surface area contributed by atoms with E-state index >= 15 is 0 Å². The zero-order valence-corrected chi connectivity index (χ0v) is 7.54. The van der Waals surface area contributed by atoms with Gasteiger partial charge in [0.05, 0.1) is 5.75 Å². The first-order valence-corrected chi connectivity index (χ1v) is 5.85. The largest absolute Gasteiger partial charge is 0.286 e. The Morgan fingerprint density at radius 3 is 2.50 bits per heavy atom. The lowest BCUT2D eigenvalue weighted by Gasteiger charge is -1.95. The highest BCUT2D eigenvalue weighted by Gasteiger charge is 2.01. The van der Waals surface area contributed by atoms with E-state index in [0.717, 1.165) is 11.5 Å². The van der Waals surface area contributed by atoms with Crippen molar-refractivity contribution in [3.05, 3.63) is 0 Å². The van der Waals surface area contributed by atoms with Crippen molar-refractivity contribution in [2.45, 2.75) is 13.3 Å². The Morgan fingerprint density at radius 1 is 1.50 bits per heavy atom. The van der Waals surface area contributed by atoms with E-state index in [4.69, 9.17) is 4.55 Å². The number of hydrogen-bond donors (Lipinski definition) is 1. The van der Waals surface area contributed by atoms with Gasteiger partial charge in [-0.15, -0.1) is 0 Å². The average Bonchev–Trinajstić information content (AvgIpc) is 1.78. The predicted molar refractivity (Wildman–Crippen MR) is 44.0 cm³/mol. The Morgan fingerprint density at radius 2 is 2.10 bits per heavy atom. The standard InChI is InChI=1S/C5H12O3S2/c1-2-9-4-3-5-10(6,7)8/h2-5H2,1H3,(H,6,7,8). The molecule has 10 heavy (non-hydrogen) atoms. The molecule has 3 nitrogen and oxygen atoms in total. The van der Waals surface area contributed by atoms with Crippen molar-refractivity contribution in [2.24, 2.45) is 0 Å². The SMILES string of the molecule is CCSCCCS(=O)(=O)O. The number of rotatable bonds is 5. The minimum atomic E-state index is -3.72. The minimum absolute atomic E-state index is 0.111. The molecule has 0 aromatic heterocycles. The molecule has 0 unspecified atom stereocenters. The number of thioether (sulfide) groups is 1. The zero-order valence-electron chi connectivity index (χ0n) is 5.91. The molecule has 1 N–H and O–H groups in total. The predicted octanol–water partition coefficient (Wildman–Crippen LogP) is 1.02. The lowest BCUT2D eigenvalue weighted by molar-refractivity contribution is 0.482. The van der Waals surface area contributed by atoms with Crippen LogP contribution in [0.15, 0.2) is 0 Å². The van der Waals surface area contributed by atoms with Gasteiger partial charge in [0.25, 0.3) is 10.1 Å². The summed E-state index contributed by atoms with van der Waals surface area (Å²) in [5.74, 6) is 1.68. The molecule has 0 saturated heterocycles. The molecule has 62 valence electrons. The topological polar surface area (TPSA) is 54.4 Å². The molecule has 0 bridgehead atoms. The molecule has 0 spiro atoms. The second-order valence-corrected chi connectivity index (χ2v) is 4.80. The Bertz CT molecular complexity index is 162. The van der Waals surface area contributed by atoms with E-state index in [1.807, 2.05) is 6.92 Å². The van der Waals surface area contributed by atoms with E-state index < -0.39 is 10.1 Å². The molecule has 0 aliphatic rings. The van der Waals surface area contributed by atoms with Crippen LogP contribution in [0.25, 0.3) is 0 Å². The molecule has 0 heterocycles. The highest BCUT2D eigenvalue weighted by Crippen LogP contribution is 2.01. The Labute approximate surface area is 66.0 Å². The van der Waals surface area contributed by atoms with Crippen molar-refractivity contribution in [1.29, 1.82) is 0 Å². The summed E-state index contributed by atoms with van der Waals surface area (Å²) in [6, 6.07) is 0. The van der Waals surface area contributed by atoms with Crippen LogP contribution in [0.1, 0.15) is 13.3 Å². The normalized spacial score (nSPS) is 11.8. The minimum Gasteiger partial charge on any atom is -0.286 e. The van der Waals surface area contributed by atoms with E-state index in [0.29, 0.717) is 6.42 Å². The highest BCUT2D eigenvalue weighted by molar-refractivity contribution is 7.99. The third-order valence-electron chi connectivity index (χ3n) is 0.895. The van der Waals surface area contributed by atoms with Crippen LogP contribution in [0.4, 0.5) is 0 Å². The van der Waals surface area contributed by atoms with E-state index in [2.05, 4.69) is 0 Å². The van der Waals surface area contributed by atoms with Crippen LogP contribution >= 0.6 is 11.8 Å². The third kappa shape index (κ3) is 8.26. The van der Waals surface area contributed by atoms with Crippen molar-refractivity contribution in [3.63, 3.8) is 0 Å². The van der Waals surface area contributed by atoms with Crippen molar-refractivity contribution < 1.29 is 13.0 Å². The molecular formula is C5H12O3S2. The maximum Gasteiger partial charge on any atom is 0.264 e. The molecular weight excluding hydrogens is 172 g/mol. The number of hydrogen-bond acceptors (Lipinski definition) is 3. The fourth-order valence-corrected chi connectivity index (χ4v) is 1.82. The fraction of sp³-hybridized carbons (Fsp3) is 1.00. The van der Waals surface area contributed by atoms with Gasteiger partial charge in [-0.2, -0.15) is 20.2 Å². The summed E-state index contributed by atoms with van der Waals surface area (Å²) in [5, 5.41) is 0. The molecule has 0 fully saturated rings. The summed E-state index contributed by atoms with van der Waals surface area (Å²) in [5.41, 5.74) is 0. The van der Waals surface area contributed by atoms with Gasteiger partial charge in [-0.3, -0.25) is 4.55 Å². The molecule has 0 radical (unpaired) electrons. The molecule has 0 rings (SSSR count). The lowest BCUT2D eigenvalue weighted by Crippen LogP contribution is -2.04. The van der Waals surface area contributed by atoms with E-state index in [1.165, 1.54) is 0 Å². The van der Waals surface area contributed by atoms with Crippen LogP contribution in [0.2, 0.25) is 0 Å². The van der Waals surface area contributed by atoms with Crippen molar-refractivity contribution in [3.8, 4) is 0 Å². The summed E-state index contributed by atoms with van der Waals surface area (Å²) in [6.45, 7) is 2.01. The van der Waals surface area contributed by atoms with Gasteiger partial charge in [-0.1, -0.05) is 6.92 Å².